The van der Waals surface area contributed by atoms with Gasteiger partial charge >= 0.3 is 0 Å². The second-order valence-electron chi connectivity index (χ2n) is 5.54. The predicted octanol–water partition coefficient (Wildman–Crippen LogP) is 0.685. The molecule has 1 aromatic rings. The van der Waals surface area contributed by atoms with Crippen molar-refractivity contribution in [3.63, 3.8) is 0 Å². The highest BCUT2D eigenvalue weighted by Gasteiger charge is 2.21. The highest BCUT2D eigenvalue weighted by Crippen LogP contribution is 2.14. The fraction of sp³-hybridized carbons (Fsp3) is 0.750. The molecule has 0 radical (unpaired) electrons. The Morgan fingerprint density at radius 3 is 2.61 bits per heavy atom. The van der Waals surface area contributed by atoms with Gasteiger partial charge in [-0.05, 0) is 19.5 Å². The van der Waals surface area contributed by atoms with Gasteiger partial charge in [0.2, 0.25) is 5.82 Å². The zero-order valence-corrected chi connectivity index (χ0v) is 11.9. The normalized spacial score (nSPS) is 11.9. The van der Waals surface area contributed by atoms with Crippen LogP contribution in [0, 0.1) is 5.41 Å². The van der Waals surface area contributed by atoms with E-state index in [0.717, 1.165) is 18.8 Å². The second-order valence-corrected chi connectivity index (χ2v) is 5.54. The Balaban J connectivity index is 2.50. The fourth-order valence-corrected chi connectivity index (χ4v) is 1.87. The average Bonchev–Trinajstić information content (AvgIpc) is 2.72. The van der Waals surface area contributed by atoms with E-state index in [1.54, 1.807) is 0 Å². The molecule has 102 valence electrons. The number of hydrogen-bond acceptors (Lipinski definition) is 4. The summed E-state index contributed by atoms with van der Waals surface area (Å²) in [6.45, 7) is 7.69. The van der Waals surface area contributed by atoms with Crippen LogP contribution >= 0.6 is 0 Å². The molecule has 0 unspecified atom stereocenters. The summed E-state index contributed by atoms with van der Waals surface area (Å²) in [6.07, 6.45) is 0.742. The SMILES string of the molecule is CCc1nc(C(=O)NCC(C)(C)CN(C)C)n[nH]1. The number of H-pyrrole nitrogens is 1. The maximum Gasteiger partial charge on any atom is 0.290 e. The second kappa shape index (κ2) is 5.95. The van der Waals surface area contributed by atoms with E-state index < -0.39 is 0 Å². The summed E-state index contributed by atoms with van der Waals surface area (Å²) >= 11 is 0. The van der Waals surface area contributed by atoms with Crippen LogP contribution in [0.1, 0.15) is 37.2 Å². The molecule has 0 atom stereocenters. The van der Waals surface area contributed by atoms with Crippen molar-refractivity contribution in [2.75, 3.05) is 27.2 Å². The van der Waals surface area contributed by atoms with Crippen LogP contribution in [0.3, 0.4) is 0 Å². The molecule has 0 aliphatic carbocycles. The van der Waals surface area contributed by atoms with Gasteiger partial charge in [0.1, 0.15) is 5.82 Å². The number of aryl methyl sites for hydroxylation is 1. The van der Waals surface area contributed by atoms with Crippen molar-refractivity contribution in [3.8, 4) is 0 Å². The number of nitrogens with zero attached hydrogens (tertiary/aromatic N) is 3. The van der Waals surface area contributed by atoms with Gasteiger partial charge in [-0.15, -0.1) is 5.10 Å². The topological polar surface area (TPSA) is 73.9 Å². The zero-order chi connectivity index (χ0) is 13.8. The first kappa shape index (κ1) is 14.6. The van der Waals surface area contributed by atoms with Gasteiger partial charge in [0.25, 0.3) is 5.91 Å². The molecule has 0 aliphatic heterocycles. The van der Waals surface area contributed by atoms with Gasteiger partial charge < -0.3 is 10.2 Å². The third-order valence-electron chi connectivity index (χ3n) is 2.54. The molecule has 1 heterocycles. The van der Waals surface area contributed by atoms with E-state index in [1.807, 2.05) is 21.0 Å². The standard InChI is InChI=1S/C12H23N5O/c1-6-9-14-10(16-15-9)11(18)13-7-12(2,3)8-17(4)5/h6-8H2,1-5H3,(H,13,18)(H,14,15,16). The summed E-state index contributed by atoms with van der Waals surface area (Å²) in [5, 5.41) is 9.50. The molecule has 0 bridgehead atoms. The number of aromatic amines is 1. The van der Waals surface area contributed by atoms with E-state index >= 15 is 0 Å². The van der Waals surface area contributed by atoms with Crippen LogP contribution in [-0.2, 0) is 6.42 Å². The molecule has 0 fully saturated rings. The van der Waals surface area contributed by atoms with Crippen LogP contribution in [0.15, 0.2) is 0 Å². The Kier molecular flexibility index (Phi) is 4.84. The Hall–Kier alpha value is -1.43. The number of rotatable bonds is 6. The lowest BCUT2D eigenvalue weighted by atomic mass is 9.93. The van der Waals surface area contributed by atoms with E-state index in [4.69, 9.17) is 0 Å². The van der Waals surface area contributed by atoms with Crippen LogP contribution in [-0.4, -0.2) is 53.2 Å². The number of amides is 1. The lowest BCUT2D eigenvalue weighted by Crippen LogP contribution is -2.40. The summed E-state index contributed by atoms with van der Waals surface area (Å²) in [5.74, 6) is 0.720. The highest BCUT2D eigenvalue weighted by atomic mass is 16.2. The molecule has 0 saturated heterocycles. The minimum absolute atomic E-state index is 0.0169. The largest absolute Gasteiger partial charge is 0.349 e. The predicted molar refractivity (Wildman–Crippen MR) is 70.4 cm³/mol. The lowest BCUT2D eigenvalue weighted by molar-refractivity contribution is 0.0919. The minimum atomic E-state index is -0.224. The van der Waals surface area contributed by atoms with Crippen molar-refractivity contribution in [1.29, 1.82) is 0 Å². The van der Waals surface area contributed by atoms with Gasteiger partial charge in [0.05, 0.1) is 0 Å². The van der Waals surface area contributed by atoms with Crippen LogP contribution in [0.5, 0.6) is 0 Å². The number of aromatic nitrogens is 3. The molecule has 0 aliphatic rings. The molecule has 1 amide bonds. The number of carbonyl (C=O) groups excluding carboxylic acids is 1. The van der Waals surface area contributed by atoms with Gasteiger partial charge in [0.15, 0.2) is 0 Å². The molecule has 2 N–H and O–H groups in total. The summed E-state index contributed by atoms with van der Waals surface area (Å²) in [5.41, 5.74) is 0.0169. The number of nitrogens with one attached hydrogen (secondary N) is 2. The maximum absolute atomic E-state index is 11.8. The van der Waals surface area contributed by atoms with Crippen molar-refractivity contribution in [2.45, 2.75) is 27.2 Å². The van der Waals surface area contributed by atoms with Crippen molar-refractivity contribution in [2.24, 2.45) is 5.41 Å². The summed E-state index contributed by atoms with van der Waals surface area (Å²) in [4.78, 5) is 18.0. The monoisotopic (exact) mass is 253 g/mol. The molecule has 18 heavy (non-hydrogen) atoms. The Bertz CT molecular complexity index is 397. The van der Waals surface area contributed by atoms with E-state index in [1.165, 1.54) is 0 Å². The Morgan fingerprint density at radius 1 is 1.44 bits per heavy atom. The van der Waals surface area contributed by atoms with Gasteiger partial charge in [0, 0.05) is 19.5 Å². The first-order valence-corrected chi connectivity index (χ1v) is 6.18. The molecule has 0 spiro atoms. The third kappa shape index (κ3) is 4.44. The molecule has 0 aromatic carbocycles. The smallest absolute Gasteiger partial charge is 0.290 e. The first-order chi connectivity index (χ1) is 8.34. The van der Waals surface area contributed by atoms with E-state index in [0.29, 0.717) is 6.54 Å². The Labute approximate surface area is 108 Å². The zero-order valence-electron chi connectivity index (χ0n) is 11.9. The summed E-state index contributed by atoms with van der Waals surface area (Å²) in [6, 6.07) is 0. The van der Waals surface area contributed by atoms with E-state index in [-0.39, 0.29) is 17.1 Å². The van der Waals surface area contributed by atoms with Crippen molar-refractivity contribution >= 4 is 5.91 Å². The molecule has 1 aromatic heterocycles. The molecule has 6 nitrogen and oxygen atoms in total. The molecular weight excluding hydrogens is 230 g/mol. The molecule has 6 heteroatoms. The van der Waals surface area contributed by atoms with Crippen LogP contribution in [0.25, 0.3) is 0 Å². The highest BCUT2D eigenvalue weighted by molar-refractivity contribution is 5.90. The maximum atomic E-state index is 11.8. The van der Waals surface area contributed by atoms with E-state index in [9.17, 15) is 4.79 Å². The van der Waals surface area contributed by atoms with Crippen molar-refractivity contribution in [3.05, 3.63) is 11.6 Å². The van der Waals surface area contributed by atoms with Gasteiger partial charge in [-0.3, -0.25) is 9.89 Å². The summed E-state index contributed by atoms with van der Waals surface area (Å²) in [7, 11) is 4.04. The van der Waals surface area contributed by atoms with Crippen LogP contribution < -0.4 is 5.32 Å². The van der Waals surface area contributed by atoms with Gasteiger partial charge in [-0.2, -0.15) is 0 Å². The lowest BCUT2D eigenvalue weighted by Gasteiger charge is -2.28. The fourth-order valence-electron chi connectivity index (χ4n) is 1.87. The minimum Gasteiger partial charge on any atom is -0.349 e. The first-order valence-electron chi connectivity index (χ1n) is 6.18. The van der Waals surface area contributed by atoms with Crippen LogP contribution in [0.4, 0.5) is 0 Å². The van der Waals surface area contributed by atoms with Crippen molar-refractivity contribution in [1.82, 2.24) is 25.4 Å². The average molecular weight is 253 g/mol. The van der Waals surface area contributed by atoms with Crippen molar-refractivity contribution < 1.29 is 4.79 Å². The van der Waals surface area contributed by atoms with Gasteiger partial charge in [-0.25, -0.2) is 4.98 Å². The van der Waals surface area contributed by atoms with Crippen LogP contribution in [0.2, 0.25) is 0 Å². The van der Waals surface area contributed by atoms with E-state index in [2.05, 4.69) is 39.2 Å². The number of hydrogen-bond donors (Lipinski definition) is 2. The molecule has 0 saturated carbocycles. The quantitative estimate of drug-likeness (QED) is 0.782. The number of carbonyl (C=O) groups is 1. The van der Waals surface area contributed by atoms with Gasteiger partial charge in [-0.1, -0.05) is 20.8 Å². The third-order valence-corrected chi connectivity index (χ3v) is 2.54. The Morgan fingerprint density at radius 2 is 2.11 bits per heavy atom. The molecule has 1 rings (SSSR count). The molecular formula is C12H23N5O. The summed E-state index contributed by atoms with van der Waals surface area (Å²) < 4.78 is 0.